The van der Waals surface area contributed by atoms with E-state index < -0.39 is 16.1 Å². The molecule has 2 amide bonds. The van der Waals surface area contributed by atoms with Crippen molar-refractivity contribution in [3.8, 4) is 5.75 Å². The third-order valence-corrected chi connectivity index (χ3v) is 7.09. The third-order valence-electron chi connectivity index (χ3n) is 5.19. The summed E-state index contributed by atoms with van der Waals surface area (Å²) >= 11 is 0. The van der Waals surface area contributed by atoms with Crippen LogP contribution in [0.25, 0.3) is 0 Å². The molecule has 0 aromatic heterocycles. The molecule has 2 aromatic carbocycles. The van der Waals surface area contributed by atoms with Crippen LogP contribution < -0.4 is 15.4 Å². The van der Waals surface area contributed by atoms with Gasteiger partial charge in [0.05, 0.1) is 10.6 Å². The molecule has 1 saturated heterocycles. The summed E-state index contributed by atoms with van der Waals surface area (Å²) in [6, 6.07) is 9.23. The number of fused-ring (bicyclic) bond motifs is 1. The van der Waals surface area contributed by atoms with Crippen molar-refractivity contribution in [2.75, 3.05) is 23.8 Å². The summed E-state index contributed by atoms with van der Waals surface area (Å²) in [5, 5.41) is 5.47. The van der Waals surface area contributed by atoms with Crippen LogP contribution in [0.1, 0.15) is 24.0 Å². The summed E-state index contributed by atoms with van der Waals surface area (Å²) in [6.45, 7) is 4.03. The molecule has 9 heteroatoms. The molecular weight excluding hydrogens is 406 g/mol. The fourth-order valence-electron chi connectivity index (χ4n) is 3.92. The summed E-state index contributed by atoms with van der Waals surface area (Å²) in [5.41, 5.74) is 2.98. The van der Waals surface area contributed by atoms with Crippen LogP contribution in [0.15, 0.2) is 41.3 Å². The molecule has 0 radical (unpaired) electrons. The van der Waals surface area contributed by atoms with Crippen molar-refractivity contribution in [2.24, 2.45) is 0 Å². The molecule has 1 fully saturated rings. The van der Waals surface area contributed by atoms with Gasteiger partial charge in [-0.15, -0.1) is 0 Å². The zero-order valence-electron chi connectivity index (χ0n) is 16.8. The SMILES string of the molecule is Cc1cc(C)cc(NC(=O)C2CCCN2S(=O)(=O)c2ccc3c(c2)NC(=O)CO3)c1. The lowest BCUT2D eigenvalue weighted by atomic mass is 10.1. The van der Waals surface area contributed by atoms with Crippen molar-refractivity contribution in [1.29, 1.82) is 0 Å². The zero-order valence-corrected chi connectivity index (χ0v) is 17.6. The zero-order chi connectivity index (χ0) is 21.5. The van der Waals surface area contributed by atoms with Crippen LogP contribution in [0.2, 0.25) is 0 Å². The predicted octanol–water partition coefficient (Wildman–Crippen LogP) is 2.43. The number of rotatable bonds is 4. The van der Waals surface area contributed by atoms with Gasteiger partial charge in [-0.2, -0.15) is 4.31 Å². The Bertz CT molecular complexity index is 1110. The Morgan fingerprint density at radius 2 is 1.90 bits per heavy atom. The van der Waals surface area contributed by atoms with Crippen molar-refractivity contribution in [3.63, 3.8) is 0 Å². The molecule has 1 atom stereocenters. The van der Waals surface area contributed by atoms with Crippen LogP contribution >= 0.6 is 0 Å². The van der Waals surface area contributed by atoms with Gasteiger partial charge >= 0.3 is 0 Å². The first-order valence-electron chi connectivity index (χ1n) is 9.72. The number of nitrogens with zero attached hydrogens (tertiary/aromatic N) is 1. The average Bonchev–Trinajstić information content (AvgIpc) is 3.17. The smallest absolute Gasteiger partial charge is 0.262 e. The summed E-state index contributed by atoms with van der Waals surface area (Å²) in [5.74, 6) is -0.279. The van der Waals surface area contributed by atoms with Gasteiger partial charge in [0.15, 0.2) is 6.61 Å². The van der Waals surface area contributed by atoms with Crippen LogP contribution in [0.5, 0.6) is 5.75 Å². The minimum absolute atomic E-state index is 0.0122. The number of carbonyl (C=O) groups excluding carboxylic acids is 2. The van der Waals surface area contributed by atoms with Crippen molar-refractivity contribution >= 4 is 33.2 Å². The predicted molar refractivity (Wildman–Crippen MR) is 112 cm³/mol. The molecule has 4 rings (SSSR count). The molecule has 0 saturated carbocycles. The van der Waals surface area contributed by atoms with Gasteiger partial charge in [-0.3, -0.25) is 9.59 Å². The van der Waals surface area contributed by atoms with Crippen molar-refractivity contribution in [1.82, 2.24) is 4.31 Å². The Balaban J connectivity index is 1.58. The maximum Gasteiger partial charge on any atom is 0.262 e. The highest BCUT2D eigenvalue weighted by molar-refractivity contribution is 7.89. The first-order valence-corrected chi connectivity index (χ1v) is 11.2. The van der Waals surface area contributed by atoms with Gasteiger partial charge in [0.2, 0.25) is 15.9 Å². The lowest BCUT2D eigenvalue weighted by Gasteiger charge is -2.25. The number of hydrogen-bond donors (Lipinski definition) is 2. The fourth-order valence-corrected chi connectivity index (χ4v) is 5.60. The van der Waals surface area contributed by atoms with Crippen molar-refractivity contribution in [3.05, 3.63) is 47.5 Å². The molecule has 2 aliphatic heterocycles. The molecule has 2 N–H and O–H groups in total. The molecule has 0 spiro atoms. The molecule has 30 heavy (non-hydrogen) atoms. The second-order valence-electron chi connectivity index (χ2n) is 7.63. The summed E-state index contributed by atoms with van der Waals surface area (Å²) < 4.78 is 33.1. The average molecular weight is 429 g/mol. The van der Waals surface area contributed by atoms with E-state index in [0.29, 0.717) is 30.0 Å². The number of aryl methyl sites for hydroxylation is 2. The molecule has 0 aliphatic carbocycles. The van der Waals surface area contributed by atoms with E-state index in [4.69, 9.17) is 4.74 Å². The van der Waals surface area contributed by atoms with Gasteiger partial charge in [-0.1, -0.05) is 6.07 Å². The van der Waals surface area contributed by atoms with E-state index in [-0.39, 0.29) is 29.9 Å². The van der Waals surface area contributed by atoms with Crippen LogP contribution in [-0.2, 0) is 19.6 Å². The van der Waals surface area contributed by atoms with E-state index in [9.17, 15) is 18.0 Å². The van der Waals surface area contributed by atoms with Crippen molar-refractivity contribution in [2.45, 2.75) is 37.6 Å². The Morgan fingerprint density at radius 3 is 2.63 bits per heavy atom. The van der Waals surface area contributed by atoms with E-state index in [1.54, 1.807) is 0 Å². The second-order valence-corrected chi connectivity index (χ2v) is 9.52. The van der Waals surface area contributed by atoms with E-state index in [1.165, 1.54) is 22.5 Å². The molecule has 1 unspecified atom stereocenters. The van der Waals surface area contributed by atoms with Gasteiger partial charge in [0.25, 0.3) is 5.91 Å². The van der Waals surface area contributed by atoms with Crippen LogP contribution in [0, 0.1) is 13.8 Å². The number of anilines is 2. The van der Waals surface area contributed by atoms with Crippen LogP contribution in [0.4, 0.5) is 11.4 Å². The number of sulfonamides is 1. The molecule has 158 valence electrons. The Hall–Kier alpha value is -2.91. The molecular formula is C21H23N3O5S. The summed E-state index contributed by atoms with van der Waals surface area (Å²) in [7, 11) is -3.93. The topological polar surface area (TPSA) is 105 Å². The van der Waals surface area contributed by atoms with Crippen LogP contribution in [-0.4, -0.2) is 43.7 Å². The second kappa shape index (κ2) is 7.73. The number of nitrogens with one attached hydrogen (secondary N) is 2. The molecule has 8 nitrogen and oxygen atoms in total. The Labute approximate surface area is 175 Å². The monoisotopic (exact) mass is 429 g/mol. The normalized spacial score (nSPS) is 19.0. The minimum atomic E-state index is -3.93. The molecule has 2 aromatic rings. The van der Waals surface area contributed by atoms with Gasteiger partial charge in [0, 0.05) is 12.2 Å². The number of hydrogen-bond acceptors (Lipinski definition) is 5. The Morgan fingerprint density at radius 1 is 1.17 bits per heavy atom. The maximum atomic E-state index is 13.3. The van der Waals surface area contributed by atoms with E-state index in [2.05, 4.69) is 10.6 Å². The minimum Gasteiger partial charge on any atom is -0.482 e. The molecule has 0 bridgehead atoms. The van der Waals surface area contributed by atoms with E-state index in [1.807, 2.05) is 32.0 Å². The maximum absolute atomic E-state index is 13.3. The van der Waals surface area contributed by atoms with Gasteiger partial charge in [-0.25, -0.2) is 8.42 Å². The number of carbonyl (C=O) groups is 2. The Kier molecular flexibility index (Phi) is 5.25. The summed E-state index contributed by atoms with van der Waals surface area (Å²) in [6.07, 6.45) is 1.04. The lowest BCUT2D eigenvalue weighted by molar-refractivity contribution is -0.119. The van der Waals surface area contributed by atoms with E-state index >= 15 is 0 Å². The number of amides is 2. The highest BCUT2D eigenvalue weighted by Gasteiger charge is 2.40. The summed E-state index contributed by atoms with van der Waals surface area (Å²) in [4.78, 5) is 24.5. The fraction of sp³-hybridized carbons (Fsp3) is 0.333. The van der Waals surface area contributed by atoms with Gasteiger partial charge in [0.1, 0.15) is 11.8 Å². The standard InChI is InChI=1S/C21H23N3O5S/c1-13-8-14(2)10-15(9-13)22-21(26)18-4-3-7-24(18)30(27,28)16-5-6-19-17(11-16)23-20(25)12-29-19/h5-6,8-11,18H,3-4,7,12H2,1-2H3,(H,22,26)(H,23,25). The highest BCUT2D eigenvalue weighted by Crippen LogP contribution is 2.33. The lowest BCUT2D eigenvalue weighted by Crippen LogP contribution is -2.43. The quantitative estimate of drug-likeness (QED) is 0.777. The van der Waals surface area contributed by atoms with Crippen LogP contribution in [0.3, 0.4) is 0 Å². The largest absolute Gasteiger partial charge is 0.482 e. The molecule has 2 heterocycles. The van der Waals surface area contributed by atoms with Crippen molar-refractivity contribution < 1.29 is 22.7 Å². The molecule has 2 aliphatic rings. The third kappa shape index (κ3) is 3.90. The first kappa shape index (κ1) is 20.4. The number of benzene rings is 2. The van der Waals surface area contributed by atoms with E-state index in [0.717, 1.165) is 11.1 Å². The first-order chi connectivity index (χ1) is 14.2. The van der Waals surface area contributed by atoms with Gasteiger partial charge < -0.3 is 15.4 Å². The number of ether oxygens (including phenoxy) is 1. The highest BCUT2D eigenvalue weighted by atomic mass is 32.2. The van der Waals surface area contributed by atoms with Gasteiger partial charge in [-0.05, 0) is 68.1 Å².